The molecule has 0 aromatic carbocycles. The number of hydrogen-bond donors (Lipinski definition) is 1. The van der Waals surface area contributed by atoms with E-state index in [1.165, 1.54) is 6.33 Å². The minimum absolute atomic E-state index is 0.576. The summed E-state index contributed by atoms with van der Waals surface area (Å²) in [7, 11) is 1.67. The molecule has 0 bridgehead atoms. The molecule has 20 heavy (non-hydrogen) atoms. The van der Waals surface area contributed by atoms with Gasteiger partial charge in [0.1, 0.15) is 12.1 Å². The number of ether oxygens (including phenoxy) is 2. The molecule has 1 N–H and O–H groups in total. The number of anilines is 2. The molecule has 0 saturated heterocycles. The summed E-state index contributed by atoms with van der Waals surface area (Å²) in [5.41, 5.74) is 1.74. The maximum absolute atomic E-state index is 5.44. The van der Waals surface area contributed by atoms with Gasteiger partial charge in [0.15, 0.2) is 0 Å². The fourth-order valence-electron chi connectivity index (χ4n) is 1.71. The van der Waals surface area contributed by atoms with Gasteiger partial charge in [0.05, 0.1) is 37.2 Å². The van der Waals surface area contributed by atoms with Crippen molar-refractivity contribution in [1.82, 2.24) is 19.7 Å². The molecule has 0 spiro atoms. The van der Waals surface area contributed by atoms with Gasteiger partial charge >= 0.3 is 0 Å². The standard InChI is InChI=1S/C13H19N5O2/c1-4-20-13-10(2)12(14-9-15-13)17-11-7-16-18(8-11)5-6-19-3/h7-9H,4-6H2,1-3H3,(H,14,15,17). The molecular formula is C13H19N5O2. The van der Waals surface area contributed by atoms with E-state index in [4.69, 9.17) is 9.47 Å². The van der Waals surface area contributed by atoms with Crippen LogP contribution in [0.25, 0.3) is 0 Å². The maximum Gasteiger partial charge on any atom is 0.221 e. The second kappa shape index (κ2) is 6.85. The molecule has 7 nitrogen and oxygen atoms in total. The highest BCUT2D eigenvalue weighted by atomic mass is 16.5. The van der Waals surface area contributed by atoms with E-state index < -0.39 is 0 Å². The summed E-state index contributed by atoms with van der Waals surface area (Å²) in [5, 5.41) is 7.45. The van der Waals surface area contributed by atoms with Crippen molar-refractivity contribution in [3.63, 3.8) is 0 Å². The Labute approximate surface area is 118 Å². The third kappa shape index (κ3) is 3.45. The molecule has 108 valence electrons. The fraction of sp³-hybridized carbons (Fsp3) is 0.462. The van der Waals surface area contributed by atoms with Gasteiger partial charge in [0, 0.05) is 13.3 Å². The monoisotopic (exact) mass is 277 g/mol. The number of methoxy groups -OCH3 is 1. The van der Waals surface area contributed by atoms with Crippen LogP contribution >= 0.6 is 0 Å². The number of hydrogen-bond acceptors (Lipinski definition) is 6. The first-order valence-electron chi connectivity index (χ1n) is 6.47. The van der Waals surface area contributed by atoms with E-state index in [0.717, 1.165) is 17.1 Å². The normalized spacial score (nSPS) is 10.6. The third-order valence-electron chi connectivity index (χ3n) is 2.74. The van der Waals surface area contributed by atoms with Crippen LogP contribution in [-0.4, -0.2) is 40.1 Å². The summed E-state index contributed by atoms with van der Waals surface area (Å²) in [4.78, 5) is 8.33. The van der Waals surface area contributed by atoms with E-state index in [2.05, 4.69) is 20.4 Å². The second-order valence-corrected chi connectivity index (χ2v) is 4.20. The molecule has 0 unspecified atom stereocenters. The Balaban J connectivity index is 2.09. The summed E-state index contributed by atoms with van der Waals surface area (Å²) < 4.78 is 12.3. The van der Waals surface area contributed by atoms with Crippen LogP contribution in [0, 0.1) is 6.92 Å². The van der Waals surface area contributed by atoms with Gasteiger partial charge in [-0.1, -0.05) is 0 Å². The molecule has 0 radical (unpaired) electrons. The molecule has 2 aromatic rings. The lowest BCUT2D eigenvalue weighted by Crippen LogP contribution is -2.04. The van der Waals surface area contributed by atoms with Crippen molar-refractivity contribution in [2.75, 3.05) is 25.6 Å². The Morgan fingerprint density at radius 3 is 2.95 bits per heavy atom. The van der Waals surface area contributed by atoms with Crippen molar-refractivity contribution in [2.24, 2.45) is 0 Å². The van der Waals surface area contributed by atoms with Crippen LogP contribution in [0.4, 0.5) is 11.5 Å². The van der Waals surface area contributed by atoms with E-state index in [-0.39, 0.29) is 0 Å². The zero-order valence-electron chi connectivity index (χ0n) is 12.0. The number of nitrogens with zero attached hydrogens (tertiary/aromatic N) is 4. The molecule has 0 aliphatic rings. The Hall–Kier alpha value is -2.15. The lowest BCUT2D eigenvalue weighted by molar-refractivity contribution is 0.183. The second-order valence-electron chi connectivity index (χ2n) is 4.20. The zero-order valence-corrected chi connectivity index (χ0v) is 12.0. The molecule has 0 saturated carbocycles. The quantitative estimate of drug-likeness (QED) is 0.831. The molecule has 0 fully saturated rings. The predicted molar refractivity (Wildman–Crippen MR) is 75.3 cm³/mol. The van der Waals surface area contributed by atoms with Crippen LogP contribution in [0.5, 0.6) is 5.88 Å². The molecule has 0 atom stereocenters. The first kappa shape index (κ1) is 14.3. The topological polar surface area (TPSA) is 74.1 Å². The van der Waals surface area contributed by atoms with Gasteiger partial charge in [0.2, 0.25) is 5.88 Å². The van der Waals surface area contributed by atoms with Gasteiger partial charge in [-0.15, -0.1) is 0 Å². The highest BCUT2D eigenvalue weighted by Crippen LogP contribution is 2.23. The molecular weight excluding hydrogens is 258 g/mol. The minimum atomic E-state index is 0.576. The maximum atomic E-state index is 5.44. The SMILES string of the molecule is CCOc1ncnc(Nc2cnn(CCOC)c2)c1C. The van der Waals surface area contributed by atoms with Gasteiger partial charge in [-0.2, -0.15) is 5.10 Å². The van der Waals surface area contributed by atoms with Crippen LogP contribution in [0.1, 0.15) is 12.5 Å². The van der Waals surface area contributed by atoms with Crippen molar-refractivity contribution in [2.45, 2.75) is 20.4 Å². The molecule has 0 amide bonds. The summed E-state index contributed by atoms with van der Waals surface area (Å²) in [6, 6.07) is 0. The Bertz CT molecular complexity index is 555. The van der Waals surface area contributed by atoms with Gasteiger partial charge in [-0.25, -0.2) is 9.97 Å². The molecule has 7 heteroatoms. The highest BCUT2D eigenvalue weighted by molar-refractivity contribution is 5.59. The van der Waals surface area contributed by atoms with Crippen molar-refractivity contribution < 1.29 is 9.47 Å². The Kier molecular flexibility index (Phi) is 4.89. The van der Waals surface area contributed by atoms with Crippen molar-refractivity contribution >= 4 is 11.5 Å². The molecule has 2 heterocycles. The Morgan fingerprint density at radius 1 is 1.35 bits per heavy atom. The summed E-state index contributed by atoms with van der Waals surface area (Å²) in [6.07, 6.45) is 5.13. The lowest BCUT2D eigenvalue weighted by Gasteiger charge is -2.09. The van der Waals surface area contributed by atoms with E-state index in [1.807, 2.05) is 24.7 Å². The van der Waals surface area contributed by atoms with Crippen LogP contribution in [-0.2, 0) is 11.3 Å². The van der Waals surface area contributed by atoms with Crippen LogP contribution in [0.2, 0.25) is 0 Å². The van der Waals surface area contributed by atoms with E-state index in [0.29, 0.717) is 25.6 Å². The fourth-order valence-corrected chi connectivity index (χ4v) is 1.71. The van der Waals surface area contributed by atoms with Crippen molar-refractivity contribution in [3.05, 3.63) is 24.3 Å². The summed E-state index contributed by atoms with van der Waals surface area (Å²) in [5.74, 6) is 1.31. The number of rotatable bonds is 7. The third-order valence-corrected chi connectivity index (χ3v) is 2.74. The van der Waals surface area contributed by atoms with Crippen LogP contribution < -0.4 is 10.1 Å². The molecule has 2 rings (SSSR count). The average Bonchev–Trinajstić information content (AvgIpc) is 2.89. The predicted octanol–water partition coefficient (Wildman–Crippen LogP) is 1.77. The van der Waals surface area contributed by atoms with Crippen molar-refractivity contribution in [3.8, 4) is 5.88 Å². The lowest BCUT2D eigenvalue weighted by atomic mass is 10.3. The van der Waals surface area contributed by atoms with Gasteiger partial charge in [-0.3, -0.25) is 4.68 Å². The minimum Gasteiger partial charge on any atom is -0.478 e. The summed E-state index contributed by atoms with van der Waals surface area (Å²) >= 11 is 0. The van der Waals surface area contributed by atoms with E-state index >= 15 is 0 Å². The average molecular weight is 277 g/mol. The van der Waals surface area contributed by atoms with E-state index in [9.17, 15) is 0 Å². The molecule has 0 aliphatic carbocycles. The highest BCUT2D eigenvalue weighted by Gasteiger charge is 2.08. The van der Waals surface area contributed by atoms with Crippen molar-refractivity contribution in [1.29, 1.82) is 0 Å². The first-order valence-corrected chi connectivity index (χ1v) is 6.47. The molecule has 2 aromatic heterocycles. The van der Waals surface area contributed by atoms with Gasteiger partial charge in [-0.05, 0) is 13.8 Å². The number of aromatic nitrogens is 4. The first-order chi connectivity index (χ1) is 9.74. The number of nitrogens with one attached hydrogen (secondary N) is 1. The van der Waals surface area contributed by atoms with Crippen LogP contribution in [0.15, 0.2) is 18.7 Å². The van der Waals surface area contributed by atoms with E-state index in [1.54, 1.807) is 13.3 Å². The smallest absolute Gasteiger partial charge is 0.221 e. The summed E-state index contributed by atoms with van der Waals surface area (Å²) in [6.45, 7) is 5.76. The largest absolute Gasteiger partial charge is 0.478 e. The van der Waals surface area contributed by atoms with Gasteiger partial charge in [0.25, 0.3) is 0 Å². The molecule has 0 aliphatic heterocycles. The van der Waals surface area contributed by atoms with Gasteiger partial charge < -0.3 is 14.8 Å². The van der Waals surface area contributed by atoms with Crippen LogP contribution in [0.3, 0.4) is 0 Å². The Morgan fingerprint density at radius 2 is 2.20 bits per heavy atom. The zero-order chi connectivity index (χ0) is 14.4.